The Morgan fingerprint density at radius 2 is 1.80 bits per heavy atom. The molecule has 4 amide bonds. The second-order valence-electron chi connectivity index (χ2n) is 9.03. The molecule has 1 unspecified atom stereocenters. The second kappa shape index (κ2) is 14.1. The lowest BCUT2D eigenvalue weighted by Crippen LogP contribution is -2.43. The number of thiophene rings is 1. The van der Waals surface area contributed by atoms with E-state index in [0.717, 1.165) is 28.0 Å². The van der Waals surface area contributed by atoms with Crippen molar-refractivity contribution in [3.05, 3.63) is 45.6 Å². The summed E-state index contributed by atoms with van der Waals surface area (Å²) in [5.74, 6) is -0.517. The summed E-state index contributed by atoms with van der Waals surface area (Å²) in [5, 5.41) is -0.116. The van der Waals surface area contributed by atoms with Crippen LogP contribution in [-0.2, 0) is 23.9 Å². The minimum atomic E-state index is -0.742. The second-order valence-corrected chi connectivity index (χ2v) is 11.9. The maximum atomic E-state index is 13.3. The first-order valence-electron chi connectivity index (χ1n) is 12.7. The first-order chi connectivity index (χ1) is 19.3. The number of nitrogens with zero attached hydrogens (tertiary/aromatic N) is 3. The van der Waals surface area contributed by atoms with Gasteiger partial charge in [-0.1, -0.05) is 23.4 Å². The van der Waals surface area contributed by atoms with Crippen LogP contribution in [0.3, 0.4) is 0 Å². The maximum absolute atomic E-state index is 13.3. The molecule has 14 heteroatoms. The Morgan fingerprint density at radius 3 is 2.45 bits per heavy atom. The summed E-state index contributed by atoms with van der Waals surface area (Å²) < 4.78 is 11.1. The maximum Gasteiger partial charge on any atom is 0.414 e. The van der Waals surface area contributed by atoms with Crippen LogP contribution in [0.5, 0.6) is 0 Å². The van der Waals surface area contributed by atoms with E-state index in [-0.39, 0.29) is 43.7 Å². The van der Waals surface area contributed by atoms with Gasteiger partial charge in [0.15, 0.2) is 0 Å². The number of rotatable bonds is 11. The molecule has 3 heterocycles. The number of halogens is 1. The van der Waals surface area contributed by atoms with Gasteiger partial charge >= 0.3 is 6.09 Å². The van der Waals surface area contributed by atoms with E-state index in [1.807, 2.05) is 0 Å². The first kappa shape index (κ1) is 30.0. The fourth-order valence-corrected chi connectivity index (χ4v) is 5.94. The summed E-state index contributed by atoms with van der Waals surface area (Å²) in [7, 11) is 0. The van der Waals surface area contributed by atoms with E-state index in [2.05, 4.69) is 0 Å². The number of unbranched alkanes of at least 4 members (excludes halogenated alkanes) is 1. The van der Waals surface area contributed by atoms with Crippen LogP contribution in [0.25, 0.3) is 0 Å². The van der Waals surface area contributed by atoms with Crippen molar-refractivity contribution >= 4 is 75.0 Å². The number of anilines is 2. The van der Waals surface area contributed by atoms with Crippen LogP contribution in [0.2, 0.25) is 4.34 Å². The van der Waals surface area contributed by atoms with Crippen molar-refractivity contribution in [2.45, 2.75) is 25.4 Å². The van der Waals surface area contributed by atoms with E-state index in [4.69, 9.17) is 26.8 Å². The predicted octanol–water partition coefficient (Wildman–Crippen LogP) is 3.15. The molecule has 2 aliphatic rings. The van der Waals surface area contributed by atoms with Gasteiger partial charge in [-0.05, 0) is 49.2 Å². The van der Waals surface area contributed by atoms with Crippen LogP contribution in [0.1, 0.15) is 28.9 Å². The van der Waals surface area contributed by atoms with Crippen LogP contribution < -0.4 is 15.5 Å². The molecule has 0 saturated carbocycles. The predicted molar refractivity (Wildman–Crippen MR) is 153 cm³/mol. The third-order valence-electron chi connectivity index (χ3n) is 6.26. The quantitative estimate of drug-likeness (QED) is 0.381. The molecule has 0 radical (unpaired) electrons. The van der Waals surface area contributed by atoms with Gasteiger partial charge < -0.3 is 20.1 Å². The van der Waals surface area contributed by atoms with Gasteiger partial charge in [-0.25, -0.2) is 4.79 Å². The van der Waals surface area contributed by atoms with Crippen LogP contribution in [0, 0.1) is 0 Å². The summed E-state index contributed by atoms with van der Waals surface area (Å²) in [5.41, 5.74) is 6.57. The average Bonchev–Trinajstić information content (AvgIpc) is 3.56. The standard InChI is InChI=1S/C26H29ClN4O7S2/c27-21-9-8-20(40-21)25(35)31(22(32)3-1-2-12-39-24(34)13-28)15-19-14-30(26(36)38-19)18-6-4-17(5-7-18)29-10-11-37-16-23(29)33/h4-9,19H,1-3,10-16,28H2. The fourth-order valence-electron chi connectivity index (χ4n) is 4.25. The van der Waals surface area contributed by atoms with Crippen molar-refractivity contribution in [3.63, 3.8) is 0 Å². The van der Waals surface area contributed by atoms with E-state index in [1.54, 1.807) is 41.3 Å². The molecule has 11 nitrogen and oxygen atoms in total. The summed E-state index contributed by atoms with van der Waals surface area (Å²) in [6, 6.07) is 10.1. The molecule has 40 heavy (non-hydrogen) atoms. The SMILES string of the molecule is NCC(=O)SCCCCC(=O)N(CC1CN(c2ccc(N3CCOCC3=O)cc2)C(=O)O1)C(=O)c1ccc(Cl)s1. The third-order valence-corrected chi connectivity index (χ3v) is 8.46. The normalized spacial score (nSPS) is 17.2. The van der Waals surface area contributed by atoms with Crippen LogP contribution in [0.15, 0.2) is 36.4 Å². The monoisotopic (exact) mass is 608 g/mol. The van der Waals surface area contributed by atoms with E-state index in [1.165, 1.54) is 4.90 Å². The molecule has 2 aromatic rings. The summed E-state index contributed by atoms with van der Waals surface area (Å²) in [4.78, 5) is 67.0. The Balaban J connectivity index is 1.40. The van der Waals surface area contributed by atoms with Crippen LogP contribution in [-0.4, -0.2) is 85.1 Å². The Bertz CT molecular complexity index is 1260. The number of hydrogen-bond acceptors (Lipinski definition) is 10. The molecule has 1 aromatic carbocycles. The smallest absolute Gasteiger partial charge is 0.414 e. The van der Waals surface area contributed by atoms with Crippen molar-refractivity contribution in [1.82, 2.24) is 4.90 Å². The van der Waals surface area contributed by atoms with E-state index in [9.17, 15) is 24.0 Å². The van der Waals surface area contributed by atoms with Crippen molar-refractivity contribution < 1.29 is 33.4 Å². The number of carbonyl (C=O) groups excluding carboxylic acids is 5. The molecular formula is C26H29ClN4O7S2. The van der Waals surface area contributed by atoms with Gasteiger partial charge in [0.05, 0.1) is 35.5 Å². The highest BCUT2D eigenvalue weighted by Gasteiger charge is 2.36. The molecule has 2 fully saturated rings. The van der Waals surface area contributed by atoms with Crippen molar-refractivity contribution in [2.24, 2.45) is 5.73 Å². The zero-order chi connectivity index (χ0) is 28.6. The molecular weight excluding hydrogens is 580 g/mol. The molecule has 4 rings (SSSR count). The van der Waals surface area contributed by atoms with Gasteiger partial charge in [-0.2, -0.15) is 0 Å². The zero-order valence-electron chi connectivity index (χ0n) is 21.6. The third kappa shape index (κ3) is 7.61. The van der Waals surface area contributed by atoms with Crippen molar-refractivity contribution in [2.75, 3.05) is 54.9 Å². The summed E-state index contributed by atoms with van der Waals surface area (Å²) in [6.07, 6.45) is -0.163. The largest absolute Gasteiger partial charge is 0.442 e. The number of benzene rings is 1. The number of carbonyl (C=O) groups is 5. The Labute approximate surface area is 244 Å². The molecule has 1 atom stereocenters. The molecule has 2 aliphatic heterocycles. The molecule has 2 N–H and O–H groups in total. The lowest BCUT2D eigenvalue weighted by atomic mass is 10.2. The minimum absolute atomic E-state index is 0.0282. The van der Waals surface area contributed by atoms with Gasteiger partial charge in [0.2, 0.25) is 11.0 Å². The number of amides is 4. The molecule has 0 bridgehead atoms. The van der Waals surface area contributed by atoms with E-state index >= 15 is 0 Å². The van der Waals surface area contributed by atoms with Crippen LogP contribution in [0.4, 0.5) is 16.2 Å². The molecule has 0 aliphatic carbocycles. The first-order valence-corrected chi connectivity index (χ1v) is 14.9. The molecule has 2 saturated heterocycles. The summed E-state index contributed by atoms with van der Waals surface area (Å²) >= 11 is 8.19. The number of thioether (sulfide) groups is 1. The number of nitrogens with two attached hydrogens (primary N) is 1. The highest BCUT2D eigenvalue weighted by Crippen LogP contribution is 2.27. The van der Waals surface area contributed by atoms with Gasteiger partial charge in [-0.15, -0.1) is 11.3 Å². The number of cyclic esters (lactones) is 1. The van der Waals surface area contributed by atoms with Gasteiger partial charge in [0.25, 0.3) is 11.8 Å². The summed E-state index contributed by atoms with van der Waals surface area (Å²) in [6.45, 7) is 0.908. The van der Waals surface area contributed by atoms with Gasteiger partial charge in [-0.3, -0.25) is 29.0 Å². The minimum Gasteiger partial charge on any atom is -0.442 e. The molecule has 1 aromatic heterocycles. The Kier molecular flexibility index (Phi) is 10.6. The average molecular weight is 609 g/mol. The van der Waals surface area contributed by atoms with E-state index < -0.39 is 24.0 Å². The lowest BCUT2D eigenvalue weighted by molar-refractivity contribution is -0.129. The highest BCUT2D eigenvalue weighted by atomic mass is 35.5. The van der Waals surface area contributed by atoms with Gasteiger partial charge in [0, 0.05) is 30.1 Å². The van der Waals surface area contributed by atoms with Crippen molar-refractivity contribution in [3.8, 4) is 0 Å². The topological polar surface area (TPSA) is 140 Å². The molecule has 0 spiro atoms. The fraction of sp³-hybridized carbons (Fsp3) is 0.423. The highest BCUT2D eigenvalue weighted by molar-refractivity contribution is 8.13. The number of ether oxygens (including phenoxy) is 2. The number of hydrogen-bond donors (Lipinski definition) is 1. The molecule has 214 valence electrons. The Morgan fingerprint density at radius 1 is 1.07 bits per heavy atom. The zero-order valence-corrected chi connectivity index (χ0v) is 24.0. The van der Waals surface area contributed by atoms with Crippen LogP contribution >= 0.6 is 34.7 Å². The lowest BCUT2D eigenvalue weighted by Gasteiger charge is -2.27. The number of morpholine rings is 1. The number of imide groups is 1. The van der Waals surface area contributed by atoms with E-state index in [0.29, 0.717) is 52.3 Å². The Hall–Kier alpha value is -2.97. The van der Waals surface area contributed by atoms with Crippen molar-refractivity contribution in [1.29, 1.82) is 0 Å². The van der Waals surface area contributed by atoms with Gasteiger partial charge in [0.1, 0.15) is 12.7 Å².